The Bertz CT molecular complexity index is 114. The van der Waals surface area contributed by atoms with E-state index in [1.54, 1.807) is 0 Å². The average molecular weight is 156 g/mol. The molecule has 0 aromatic carbocycles. The highest BCUT2D eigenvalue weighted by molar-refractivity contribution is 4.80. The van der Waals surface area contributed by atoms with Crippen molar-refractivity contribution in [2.75, 3.05) is 19.6 Å². The summed E-state index contributed by atoms with van der Waals surface area (Å²) < 4.78 is 0. The highest BCUT2D eigenvalue weighted by atomic mass is 15.2. The van der Waals surface area contributed by atoms with Crippen molar-refractivity contribution in [2.45, 2.75) is 39.3 Å². The van der Waals surface area contributed by atoms with Crippen molar-refractivity contribution in [1.82, 2.24) is 10.2 Å². The van der Waals surface area contributed by atoms with Gasteiger partial charge in [-0.3, -0.25) is 4.90 Å². The number of hydrogen-bond donors (Lipinski definition) is 1. The molecule has 0 spiro atoms. The maximum Gasteiger partial charge on any atom is 0.0193 e. The van der Waals surface area contributed by atoms with Crippen molar-refractivity contribution in [1.29, 1.82) is 0 Å². The Morgan fingerprint density at radius 2 is 2.18 bits per heavy atom. The molecule has 1 fully saturated rings. The van der Waals surface area contributed by atoms with E-state index >= 15 is 0 Å². The minimum Gasteiger partial charge on any atom is -0.311 e. The second kappa shape index (κ2) is 4.07. The normalized spacial score (nSPS) is 34.1. The van der Waals surface area contributed by atoms with E-state index in [-0.39, 0.29) is 0 Å². The van der Waals surface area contributed by atoms with Gasteiger partial charge in [-0.2, -0.15) is 0 Å². The molecule has 0 amide bonds. The molecule has 2 atom stereocenters. The van der Waals surface area contributed by atoms with Gasteiger partial charge in [0.2, 0.25) is 0 Å². The Kier molecular flexibility index (Phi) is 3.34. The van der Waals surface area contributed by atoms with Crippen LogP contribution in [0.3, 0.4) is 0 Å². The van der Waals surface area contributed by atoms with Crippen molar-refractivity contribution < 1.29 is 0 Å². The van der Waals surface area contributed by atoms with E-state index in [1.165, 1.54) is 19.5 Å². The second-order valence-electron chi connectivity index (χ2n) is 3.65. The Morgan fingerprint density at radius 3 is 2.82 bits per heavy atom. The van der Waals surface area contributed by atoms with Crippen LogP contribution < -0.4 is 5.32 Å². The summed E-state index contributed by atoms with van der Waals surface area (Å²) in [7, 11) is 0. The Morgan fingerprint density at radius 1 is 1.45 bits per heavy atom. The monoisotopic (exact) mass is 156 g/mol. The lowest BCUT2D eigenvalue weighted by Gasteiger charge is -2.37. The first kappa shape index (κ1) is 9.01. The van der Waals surface area contributed by atoms with Gasteiger partial charge < -0.3 is 5.32 Å². The van der Waals surface area contributed by atoms with Crippen molar-refractivity contribution in [3.63, 3.8) is 0 Å². The van der Waals surface area contributed by atoms with Gasteiger partial charge >= 0.3 is 0 Å². The van der Waals surface area contributed by atoms with Crippen molar-refractivity contribution in [3.05, 3.63) is 0 Å². The fourth-order valence-corrected chi connectivity index (χ4v) is 1.70. The zero-order valence-electron chi connectivity index (χ0n) is 7.93. The molecule has 1 rings (SSSR count). The van der Waals surface area contributed by atoms with Gasteiger partial charge in [0.1, 0.15) is 0 Å². The number of piperazine rings is 1. The second-order valence-corrected chi connectivity index (χ2v) is 3.65. The van der Waals surface area contributed by atoms with Crippen LogP contribution in [0.1, 0.15) is 27.2 Å². The fourth-order valence-electron chi connectivity index (χ4n) is 1.70. The molecular formula is C9H20N2. The van der Waals surface area contributed by atoms with E-state index in [2.05, 4.69) is 31.0 Å². The maximum absolute atomic E-state index is 3.48. The van der Waals surface area contributed by atoms with Crippen LogP contribution in [0.4, 0.5) is 0 Å². The lowest BCUT2D eigenvalue weighted by Crippen LogP contribution is -2.54. The van der Waals surface area contributed by atoms with Crippen LogP contribution in [-0.2, 0) is 0 Å². The first-order valence-corrected chi connectivity index (χ1v) is 4.71. The minimum absolute atomic E-state index is 0.678. The van der Waals surface area contributed by atoms with Crippen LogP contribution in [-0.4, -0.2) is 36.6 Å². The summed E-state index contributed by atoms with van der Waals surface area (Å²) >= 11 is 0. The van der Waals surface area contributed by atoms with Crippen LogP contribution in [0.5, 0.6) is 0 Å². The molecule has 1 heterocycles. The summed E-state index contributed by atoms with van der Waals surface area (Å²) in [4.78, 5) is 2.57. The molecule has 1 aliphatic heterocycles. The third-order valence-corrected chi connectivity index (χ3v) is 2.40. The number of rotatable bonds is 2. The highest BCUT2D eigenvalue weighted by Gasteiger charge is 2.20. The van der Waals surface area contributed by atoms with Gasteiger partial charge in [-0.25, -0.2) is 0 Å². The Balaban J connectivity index is 2.34. The van der Waals surface area contributed by atoms with Crippen LogP contribution in [0, 0.1) is 0 Å². The van der Waals surface area contributed by atoms with Crippen molar-refractivity contribution >= 4 is 0 Å². The molecule has 0 aromatic heterocycles. The first-order valence-electron chi connectivity index (χ1n) is 4.71. The number of hydrogen-bond acceptors (Lipinski definition) is 2. The third-order valence-electron chi connectivity index (χ3n) is 2.40. The SMILES string of the molecule is CCCN1C[C@H](C)NCC1C. The molecule has 0 aromatic rings. The maximum atomic E-state index is 3.48. The third kappa shape index (κ3) is 2.46. The zero-order valence-corrected chi connectivity index (χ0v) is 7.93. The molecule has 2 heteroatoms. The zero-order chi connectivity index (χ0) is 8.27. The first-order chi connectivity index (χ1) is 5.24. The Hall–Kier alpha value is -0.0800. The molecule has 1 aliphatic rings. The van der Waals surface area contributed by atoms with Crippen LogP contribution in [0.2, 0.25) is 0 Å². The van der Waals surface area contributed by atoms with Gasteiger partial charge in [-0.1, -0.05) is 6.92 Å². The summed E-state index contributed by atoms with van der Waals surface area (Å²) in [5, 5.41) is 3.48. The predicted octanol–water partition coefficient (Wildman–Crippen LogP) is 1.08. The molecule has 2 nitrogen and oxygen atoms in total. The van der Waals surface area contributed by atoms with E-state index < -0.39 is 0 Å². The average Bonchev–Trinajstić information content (AvgIpc) is 1.98. The van der Waals surface area contributed by atoms with E-state index in [0.29, 0.717) is 6.04 Å². The van der Waals surface area contributed by atoms with Gasteiger partial charge in [0, 0.05) is 25.2 Å². The molecule has 0 saturated carbocycles. The van der Waals surface area contributed by atoms with Crippen LogP contribution in [0.25, 0.3) is 0 Å². The van der Waals surface area contributed by atoms with Crippen LogP contribution in [0.15, 0.2) is 0 Å². The van der Waals surface area contributed by atoms with E-state index in [0.717, 1.165) is 12.6 Å². The largest absolute Gasteiger partial charge is 0.311 e. The number of nitrogens with one attached hydrogen (secondary N) is 1. The summed E-state index contributed by atoms with van der Waals surface area (Å²) in [6.07, 6.45) is 1.27. The molecule has 1 unspecified atom stereocenters. The standard InChI is InChI=1S/C9H20N2/c1-4-5-11-7-8(2)10-6-9(11)3/h8-10H,4-7H2,1-3H3/t8-,9?/m0/s1. The Labute approximate surface area is 70.0 Å². The van der Waals surface area contributed by atoms with Gasteiger partial charge in [-0.15, -0.1) is 0 Å². The molecular weight excluding hydrogens is 136 g/mol. The van der Waals surface area contributed by atoms with Gasteiger partial charge in [0.25, 0.3) is 0 Å². The fraction of sp³-hybridized carbons (Fsp3) is 1.00. The molecule has 1 N–H and O–H groups in total. The van der Waals surface area contributed by atoms with Gasteiger partial charge in [0.15, 0.2) is 0 Å². The summed E-state index contributed by atoms with van der Waals surface area (Å²) in [5.74, 6) is 0. The molecule has 11 heavy (non-hydrogen) atoms. The summed E-state index contributed by atoms with van der Waals surface area (Å²) in [6, 6.07) is 1.41. The molecule has 66 valence electrons. The van der Waals surface area contributed by atoms with Gasteiger partial charge in [0.05, 0.1) is 0 Å². The molecule has 1 saturated heterocycles. The summed E-state index contributed by atoms with van der Waals surface area (Å²) in [6.45, 7) is 10.4. The van der Waals surface area contributed by atoms with Crippen LogP contribution >= 0.6 is 0 Å². The van der Waals surface area contributed by atoms with Crippen molar-refractivity contribution in [3.8, 4) is 0 Å². The highest BCUT2D eigenvalue weighted by Crippen LogP contribution is 2.06. The summed E-state index contributed by atoms with van der Waals surface area (Å²) in [5.41, 5.74) is 0. The van der Waals surface area contributed by atoms with E-state index in [1.807, 2.05) is 0 Å². The predicted molar refractivity (Wildman–Crippen MR) is 48.8 cm³/mol. The molecule has 0 aliphatic carbocycles. The van der Waals surface area contributed by atoms with E-state index in [4.69, 9.17) is 0 Å². The smallest absolute Gasteiger partial charge is 0.0193 e. The van der Waals surface area contributed by atoms with E-state index in [9.17, 15) is 0 Å². The lowest BCUT2D eigenvalue weighted by molar-refractivity contribution is 0.147. The quantitative estimate of drug-likeness (QED) is 0.643. The number of nitrogens with zero attached hydrogens (tertiary/aromatic N) is 1. The lowest BCUT2D eigenvalue weighted by atomic mass is 10.1. The van der Waals surface area contributed by atoms with Gasteiger partial charge in [-0.05, 0) is 26.8 Å². The topological polar surface area (TPSA) is 15.3 Å². The molecule has 0 radical (unpaired) electrons. The van der Waals surface area contributed by atoms with Crippen molar-refractivity contribution in [2.24, 2.45) is 0 Å². The molecule has 0 bridgehead atoms. The minimum atomic E-state index is 0.678.